The average molecular weight is 573 g/mol. The summed E-state index contributed by atoms with van der Waals surface area (Å²) in [4.78, 5) is 36.8. The fourth-order valence-corrected chi connectivity index (χ4v) is 4.25. The molecule has 1 fully saturated rings. The summed E-state index contributed by atoms with van der Waals surface area (Å²) in [6.45, 7) is 2.33. The minimum Gasteiger partial charge on any atom is -0.490 e. The number of anilines is 1. The number of nitro groups is 1. The molecule has 0 radical (unpaired) electrons. The molecule has 4 rings (SSSR count). The summed E-state index contributed by atoms with van der Waals surface area (Å²) in [7, 11) is 0. The SMILES string of the molecule is CCOc1cc(/C=C2/NC(=O)N(c3cccc(Cl)c3)C2=O)cc(Br)c1OCc1ccc([N+](=O)[O-])cc1. The Hall–Kier alpha value is -3.89. The first-order chi connectivity index (χ1) is 17.3. The van der Waals surface area contributed by atoms with Crippen molar-refractivity contribution in [3.8, 4) is 11.5 Å². The van der Waals surface area contributed by atoms with Crippen molar-refractivity contribution in [2.24, 2.45) is 0 Å². The molecule has 1 aliphatic rings. The van der Waals surface area contributed by atoms with E-state index >= 15 is 0 Å². The average Bonchev–Trinajstić information content (AvgIpc) is 3.11. The Balaban J connectivity index is 1.57. The summed E-state index contributed by atoms with van der Waals surface area (Å²) >= 11 is 9.49. The summed E-state index contributed by atoms with van der Waals surface area (Å²) in [5, 5.41) is 13.8. The number of amides is 3. The number of non-ortho nitro benzene ring substituents is 1. The molecule has 184 valence electrons. The third-order valence-corrected chi connectivity index (χ3v) is 5.94. The lowest BCUT2D eigenvalue weighted by atomic mass is 10.1. The molecule has 3 aromatic carbocycles. The van der Waals surface area contributed by atoms with Gasteiger partial charge >= 0.3 is 6.03 Å². The third-order valence-electron chi connectivity index (χ3n) is 5.12. The van der Waals surface area contributed by atoms with Crippen molar-refractivity contribution in [3.63, 3.8) is 0 Å². The first-order valence-electron chi connectivity index (χ1n) is 10.7. The second-order valence-corrected chi connectivity index (χ2v) is 8.87. The third kappa shape index (κ3) is 5.50. The first kappa shape index (κ1) is 25.2. The van der Waals surface area contributed by atoms with Gasteiger partial charge in [0, 0.05) is 17.2 Å². The van der Waals surface area contributed by atoms with Gasteiger partial charge in [-0.3, -0.25) is 14.9 Å². The molecular weight excluding hydrogens is 554 g/mol. The number of nitrogens with one attached hydrogen (secondary N) is 1. The number of carbonyl (C=O) groups is 2. The Morgan fingerprint density at radius 2 is 1.86 bits per heavy atom. The number of nitrogens with zero attached hydrogens (tertiary/aromatic N) is 2. The molecule has 36 heavy (non-hydrogen) atoms. The standard InChI is InChI=1S/C25H19BrClN3O6/c1-2-35-22-12-16(10-20(26)23(22)36-14-15-6-8-18(9-7-15)30(33)34)11-21-24(31)29(25(32)28-21)19-5-3-4-17(27)13-19/h3-13H,2,14H2,1H3,(H,28,32)/b21-11+. The molecule has 1 heterocycles. The van der Waals surface area contributed by atoms with E-state index in [1.807, 2.05) is 6.92 Å². The summed E-state index contributed by atoms with van der Waals surface area (Å²) in [6, 6.07) is 15.3. The van der Waals surface area contributed by atoms with Gasteiger partial charge in [0.1, 0.15) is 12.3 Å². The minimum atomic E-state index is -0.583. The van der Waals surface area contributed by atoms with Gasteiger partial charge in [-0.15, -0.1) is 0 Å². The molecule has 3 aromatic rings. The fraction of sp³-hybridized carbons (Fsp3) is 0.120. The van der Waals surface area contributed by atoms with Gasteiger partial charge in [0.15, 0.2) is 11.5 Å². The van der Waals surface area contributed by atoms with Crippen LogP contribution in [0.25, 0.3) is 6.08 Å². The Morgan fingerprint density at radius 1 is 1.11 bits per heavy atom. The minimum absolute atomic E-state index is 0.00481. The smallest absolute Gasteiger partial charge is 0.333 e. The van der Waals surface area contributed by atoms with Gasteiger partial charge in [-0.05, 0) is 82.5 Å². The summed E-state index contributed by atoms with van der Waals surface area (Å²) in [5.41, 5.74) is 1.77. The van der Waals surface area contributed by atoms with Crippen LogP contribution in [0, 0.1) is 10.1 Å². The second kappa shape index (κ2) is 10.8. The molecule has 1 saturated heterocycles. The van der Waals surface area contributed by atoms with E-state index in [9.17, 15) is 19.7 Å². The zero-order chi connectivity index (χ0) is 25.8. The van der Waals surface area contributed by atoms with E-state index in [-0.39, 0.29) is 18.0 Å². The summed E-state index contributed by atoms with van der Waals surface area (Å²) < 4.78 is 12.2. The molecule has 0 aromatic heterocycles. The summed E-state index contributed by atoms with van der Waals surface area (Å²) in [6.07, 6.45) is 1.54. The predicted molar refractivity (Wildman–Crippen MR) is 138 cm³/mol. The highest BCUT2D eigenvalue weighted by molar-refractivity contribution is 9.10. The van der Waals surface area contributed by atoms with Crippen LogP contribution in [0.1, 0.15) is 18.1 Å². The van der Waals surface area contributed by atoms with E-state index in [4.69, 9.17) is 21.1 Å². The zero-order valence-electron chi connectivity index (χ0n) is 18.9. The Bertz CT molecular complexity index is 1380. The van der Waals surface area contributed by atoms with E-state index in [2.05, 4.69) is 21.2 Å². The number of urea groups is 1. The van der Waals surface area contributed by atoms with E-state index in [0.717, 1.165) is 10.5 Å². The van der Waals surface area contributed by atoms with Crippen LogP contribution < -0.4 is 19.7 Å². The molecule has 0 unspecified atom stereocenters. The number of nitro benzene ring substituents is 1. The van der Waals surface area contributed by atoms with Crippen molar-refractivity contribution in [2.45, 2.75) is 13.5 Å². The van der Waals surface area contributed by atoms with Gasteiger partial charge in [0.05, 0.1) is 21.7 Å². The summed E-state index contributed by atoms with van der Waals surface area (Å²) in [5.74, 6) is 0.332. The van der Waals surface area contributed by atoms with Gasteiger partial charge < -0.3 is 14.8 Å². The number of hydrogen-bond acceptors (Lipinski definition) is 6. The molecule has 0 aliphatic carbocycles. The van der Waals surface area contributed by atoms with Crippen LogP contribution in [0.3, 0.4) is 0 Å². The van der Waals surface area contributed by atoms with Crippen LogP contribution in [-0.2, 0) is 11.4 Å². The number of halogens is 2. The molecule has 0 spiro atoms. The van der Waals surface area contributed by atoms with Crippen molar-refractivity contribution in [2.75, 3.05) is 11.5 Å². The van der Waals surface area contributed by atoms with Crippen molar-refractivity contribution in [3.05, 3.63) is 97.1 Å². The Morgan fingerprint density at radius 3 is 2.53 bits per heavy atom. The molecule has 9 nitrogen and oxygen atoms in total. The Labute approximate surface area is 219 Å². The number of carbonyl (C=O) groups excluding carboxylic acids is 2. The van der Waals surface area contributed by atoms with E-state index in [1.54, 1.807) is 42.5 Å². The van der Waals surface area contributed by atoms with E-state index < -0.39 is 16.9 Å². The van der Waals surface area contributed by atoms with Crippen LogP contribution in [0.4, 0.5) is 16.2 Å². The topological polar surface area (TPSA) is 111 Å². The maximum absolute atomic E-state index is 12.9. The predicted octanol–water partition coefficient (Wildman–Crippen LogP) is 6.09. The lowest BCUT2D eigenvalue weighted by Crippen LogP contribution is -2.30. The highest BCUT2D eigenvalue weighted by Crippen LogP contribution is 2.38. The molecule has 0 atom stereocenters. The van der Waals surface area contributed by atoms with E-state index in [0.29, 0.717) is 38.9 Å². The lowest BCUT2D eigenvalue weighted by molar-refractivity contribution is -0.384. The first-order valence-corrected chi connectivity index (χ1v) is 11.9. The maximum Gasteiger partial charge on any atom is 0.333 e. The number of imide groups is 1. The molecule has 1 N–H and O–H groups in total. The quantitative estimate of drug-likeness (QED) is 0.151. The van der Waals surface area contributed by atoms with Crippen LogP contribution in [0.5, 0.6) is 11.5 Å². The maximum atomic E-state index is 12.9. The van der Waals surface area contributed by atoms with Gasteiger partial charge in [-0.25, -0.2) is 9.69 Å². The van der Waals surface area contributed by atoms with Crippen molar-refractivity contribution in [1.82, 2.24) is 5.32 Å². The van der Waals surface area contributed by atoms with Gasteiger partial charge in [0.25, 0.3) is 11.6 Å². The number of benzene rings is 3. The molecule has 11 heteroatoms. The number of hydrogen-bond donors (Lipinski definition) is 1. The van der Waals surface area contributed by atoms with Crippen LogP contribution in [-0.4, -0.2) is 23.5 Å². The van der Waals surface area contributed by atoms with Crippen LogP contribution >= 0.6 is 27.5 Å². The van der Waals surface area contributed by atoms with E-state index in [1.165, 1.54) is 24.3 Å². The van der Waals surface area contributed by atoms with Crippen molar-refractivity contribution >= 4 is 56.9 Å². The number of ether oxygens (including phenoxy) is 2. The molecule has 0 saturated carbocycles. The number of rotatable bonds is 8. The molecule has 3 amide bonds. The zero-order valence-corrected chi connectivity index (χ0v) is 21.2. The molecular formula is C25H19BrClN3O6. The van der Waals surface area contributed by atoms with Crippen LogP contribution in [0.2, 0.25) is 5.02 Å². The van der Waals surface area contributed by atoms with Gasteiger partial charge in [-0.2, -0.15) is 0 Å². The fourth-order valence-electron chi connectivity index (χ4n) is 3.50. The normalized spacial score (nSPS) is 14.2. The monoisotopic (exact) mass is 571 g/mol. The molecule has 0 bridgehead atoms. The highest BCUT2D eigenvalue weighted by atomic mass is 79.9. The van der Waals surface area contributed by atoms with Crippen LogP contribution in [0.15, 0.2) is 70.8 Å². The lowest BCUT2D eigenvalue weighted by Gasteiger charge is -2.15. The highest BCUT2D eigenvalue weighted by Gasteiger charge is 2.35. The van der Waals surface area contributed by atoms with Crippen molar-refractivity contribution in [1.29, 1.82) is 0 Å². The largest absolute Gasteiger partial charge is 0.490 e. The van der Waals surface area contributed by atoms with Gasteiger partial charge in [-0.1, -0.05) is 17.7 Å². The van der Waals surface area contributed by atoms with Crippen molar-refractivity contribution < 1.29 is 24.0 Å². The van der Waals surface area contributed by atoms with Gasteiger partial charge in [0.2, 0.25) is 0 Å². The molecule has 1 aliphatic heterocycles. The second-order valence-electron chi connectivity index (χ2n) is 7.58. The Kier molecular flexibility index (Phi) is 7.56.